The summed E-state index contributed by atoms with van der Waals surface area (Å²) in [6.07, 6.45) is 2.14. The molecule has 1 aliphatic heterocycles. The summed E-state index contributed by atoms with van der Waals surface area (Å²) in [5.74, 6) is -0.263. The van der Waals surface area contributed by atoms with Crippen LogP contribution >= 0.6 is 0 Å². The van der Waals surface area contributed by atoms with Crippen LogP contribution in [0.4, 0.5) is 14.9 Å². The van der Waals surface area contributed by atoms with Crippen molar-refractivity contribution in [2.45, 2.75) is 18.9 Å². The number of aromatic amines is 1. The van der Waals surface area contributed by atoms with Crippen molar-refractivity contribution in [3.8, 4) is 11.3 Å². The highest BCUT2D eigenvalue weighted by Gasteiger charge is 2.16. The maximum absolute atomic E-state index is 13.4. The molecule has 5 nitrogen and oxygen atoms in total. The number of ether oxygens (including phenoxy) is 1. The Bertz CT molecular complexity index is 932. The number of aromatic nitrogens is 1. The normalized spacial score (nSPS) is 16.7. The Hall–Kier alpha value is -2.86. The Kier molecular flexibility index (Phi) is 4.58. The molecule has 134 valence electrons. The van der Waals surface area contributed by atoms with Crippen molar-refractivity contribution in [1.29, 1.82) is 0 Å². The van der Waals surface area contributed by atoms with Gasteiger partial charge < -0.3 is 20.4 Å². The zero-order valence-corrected chi connectivity index (χ0v) is 14.2. The first-order valence-corrected chi connectivity index (χ1v) is 8.72. The SMILES string of the molecule is O=C(NCC1CCCO1)Nc1cccc(-c2cc3cc(F)ccc3[nH]2)c1. The number of carbonyl (C=O) groups excluding carboxylic acids is 1. The smallest absolute Gasteiger partial charge is 0.319 e. The molecular weight excluding hydrogens is 333 g/mol. The monoisotopic (exact) mass is 353 g/mol. The van der Waals surface area contributed by atoms with Gasteiger partial charge in [0.15, 0.2) is 0 Å². The number of rotatable bonds is 4. The molecule has 0 saturated carbocycles. The molecule has 26 heavy (non-hydrogen) atoms. The third kappa shape index (κ3) is 3.70. The van der Waals surface area contributed by atoms with E-state index in [4.69, 9.17) is 4.74 Å². The number of carbonyl (C=O) groups is 1. The zero-order chi connectivity index (χ0) is 17.9. The lowest BCUT2D eigenvalue weighted by Crippen LogP contribution is -2.35. The number of nitrogens with one attached hydrogen (secondary N) is 3. The molecule has 0 bridgehead atoms. The molecule has 6 heteroatoms. The topological polar surface area (TPSA) is 66.2 Å². The number of urea groups is 1. The van der Waals surface area contributed by atoms with E-state index in [1.54, 1.807) is 6.07 Å². The van der Waals surface area contributed by atoms with E-state index in [0.717, 1.165) is 41.6 Å². The van der Waals surface area contributed by atoms with Gasteiger partial charge in [0.2, 0.25) is 0 Å². The van der Waals surface area contributed by atoms with Gasteiger partial charge in [-0.15, -0.1) is 0 Å². The minimum atomic E-state index is -0.263. The van der Waals surface area contributed by atoms with Crippen LogP contribution in [0, 0.1) is 5.82 Å². The van der Waals surface area contributed by atoms with E-state index < -0.39 is 0 Å². The third-order valence-electron chi connectivity index (χ3n) is 4.53. The van der Waals surface area contributed by atoms with Crippen LogP contribution in [0.3, 0.4) is 0 Å². The number of amides is 2. The second kappa shape index (κ2) is 7.17. The van der Waals surface area contributed by atoms with Crippen LogP contribution in [-0.4, -0.2) is 30.3 Å². The van der Waals surface area contributed by atoms with Gasteiger partial charge >= 0.3 is 6.03 Å². The molecule has 2 heterocycles. The first kappa shape index (κ1) is 16.6. The van der Waals surface area contributed by atoms with E-state index >= 15 is 0 Å². The molecule has 1 fully saturated rings. The molecule has 1 aliphatic rings. The van der Waals surface area contributed by atoms with Gasteiger partial charge in [-0.25, -0.2) is 9.18 Å². The maximum atomic E-state index is 13.4. The molecule has 1 aromatic heterocycles. The van der Waals surface area contributed by atoms with Gasteiger partial charge in [0.05, 0.1) is 6.10 Å². The zero-order valence-electron chi connectivity index (χ0n) is 14.2. The predicted molar refractivity (Wildman–Crippen MR) is 99.7 cm³/mol. The molecule has 1 unspecified atom stereocenters. The van der Waals surface area contributed by atoms with Crippen molar-refractivity contribution in [2.75, 3.05) is 18.5 Å². The highest BCUT2D eigenvalue weighted by Crippen LogP contribution is 2.26. The van der Waals surface area contributed by atoms with Crippen molar-refractivity contribution in [1.82, 2.24) is 10.3 Å². The number of benzene rings is 2. The van der Waals surface area contributed by atoms with E-state index in [2.05, 4.69) is 15.6 Å². The number of anilines is 1. The second-order valence-electron chi connectivity index (χ2n) is 6.47. The van der Waals surface area contributed by atoms with Crippen LogP contribution in [0.5, 0.6) is 0 Å². The van der Waals surface area contributed by atoms with Crippen LogP contribution < -0.4 is 10.6 Å². The average Bonchev–Trinajstić information content (AvgIpc) is 3.29. The molecular formula is C20H20FN3O2. The quantitative estimate of drug-likeness (QED) is 0.656. The fourth-order valence-corrected chi connectivity index (χ4v) is 3.21. The van der Waals surface area contributed by atoms with Gasteiger partial charge in [-0.1, -0.05) is 12.1 Å². The molecule has 1 atom stereocenters. The van der Waals surface area contributed by atoms with E-state index in [-0.39, 0.29) is 18.0 Å². The summed E-state index contributed by atoms with van der Waals surface area (Å²) in [5.41, 5.74) is 3.35. The number of fused-ring (bicyclic) bond motifs is 1. The molecule has 2 amide bonds. The average molecular weight is 353 g/mol. The van der Waals surface area contributed by atoms with Crippen LogP contribution in [0.15, 0.2) is 48.5 Å². The van der Waals surface area contributed by atoms with Gasteiger partial charge in [-0.05, 0) is 49.2 Å². The molecule has 2 aromatic carbocycles. The Balaban J connectivity index is 1.46. The Morgan fingerprint density at radius 2 is 2.15 bits per heavy atom. The summed E-state index contributed by atoms with van der Waals surface area (Å²) < 4.78 is 18.9. The number of hydrogen-bond donors (Lipinski definition) is 3. The molecule has 1 saturated heterocycles. The van der Waals surface area contributed by atoms with E-state index in [9.17, 15) is 9.18 Å². The minimum absolute atomic E-state index is 0.110. The number of hydrogen-bond acceptors (Lipinski definition) is 2. The lowest BCUT2D eigenvalue weighted by molar-refractivity contribution is 0.112. The van der Waals surface area contributed by atoms with Crippen LogP contribution in [0.2, 0.25) is 0 Å². The summed E-state index contributed by atoms with van der Waals surface area (Å²) in [4.78, 5) is 15.3. The highest BCUT2D eigenvalue weighted by molar-refractivity contribution is 5.91. The standard InChI is InChI=1S/C20H20FN3O2/c21-15-6-7-18-14(9-15)11-19(24-18)13-3-1-4-16(10-13)23-20(25)22-12-17-5-2-8-26-17/h1,3-4,6-7,9-11,17,24H,2,5,8,12H2,(H2,22,23,25). The van der Waals surface area contributed by atoms with Gasteiger partial charge in [0.1, 0.15) is 5.82 Å². The lowest BCUT2D eigenvalue weighted by Gasteiger charge is -2.12. The number of halogens is 1. The first-order valence-electron chi connectivity index (χ1n) is 8.72. The molecule has 0 spiro atoms. The van der Waals surface area contributed by atoms with Crippen molar-refractivity contribution < 1.29 is 13.9 Å². The van der Waals surface area contributed by atoms with Gasteiger partial charge in [0, 0.05) is 41.0 Å². The first-order chi connectivity index (χ1) is 12.7. The highest BCUT2D eigenvalue weighted by atomic mass is 19.1. The van der Waals surface area contributed by atoms with E-state index in [1.165, 1.54) is 12.1 Å². The van der Waals surface area contributed by atoms with Crippen LogP contribution in [0.1, 0.15) is 12.8 Å². The summed E-state index contributed by atoms with van der Waals surface area (Å²) >= 11 is 0. The summed E-state index contributed by atoms with van der Waals surface area (Å²) in [5, 5.41) is 6.49. The van der Waals surface area contributed by atoms with Crippen LogP contribution in [-0.2, 0) is 4.74 Å². The van der Waals surface area contributed by atoms with Gasteiger partial charge in [-0.2, -0.15) is 0 Å². The molecule has 0 aliphatic carbocycles. The molecule has 3 N–H and O–H groups in total. The summed E-state index contributed by atoms with van der Waals surface area (Å²) in [6.45, 7) is 1.28. The van der Waals surface area contributed by atoms with Crippen molar-refractivity contribution in [3.63, 3.8) is 0 Å². The van der Waals surface area contributed by atoms with Crippen molar-refractivity contribution >= 4 is 22.6 Å². The maximum Gasteiger partial charge on any atom is 0.319 e. The largest absolute Gasteiger partial charge is 0.376 e. The number of H-pyrrole nitrogens is 1. The molecule has 4 rings (SSSR count). The van der Waals surface area contributed by atoms with E-state index in [1.807, 2.05) is 30.3 Å². The Morgan fingerprint density at radius 1 is 1.23 bits per heavy atom. The van der Waals surface area contributed by atoms with Crippen molar-refractivity contribution in [2.24, 2.45) is 0 Å². The van der Waals surface area contributed by atoms with Gasteiger partial charge in [0.25, 0.3) is 0 Å². The Labute approximate surface area is 150 Å². The van der Waals surface area contributed by atoms with Gasteiger partial charge in [-0.3, -0.25) is 0 Å². The molecule has 3 aromatic rings. The summed E-state index contributed by atoms with van der Waals surface area (Å²) in [6, 6.07) is 13.8. The fraction of sp³-hybridized carbons (Fsp3) is 0.250. The van der Waals surface area contributed by atoms with Crippen molar-refractivity contribution in [3.05, 3.63) is 54.3 Å². The predicted octanol–water partition coefficient (Wildman–Crippen LogP) is 4.27. The second-order valence-corrected chi connectivity index (χ2v) is 6.47. The summed E-state index contributed by atoms with van der Waals surface area (Å²) in [7, 11) is 0. The Morgan fingerprint density at radius 3 is 3.00 bits per heavy atom. The van der Waals surface area contributed by atoms with E-state index in [0.29, 0.717) is 12.2 Å². The minimum Gasteiger partial charge on any atom is -0.376 e. The van der Waals surface area contributed by atoms with Crippen LogP contribution in [0.25, 0.3) is 22.2 Å². The molecule has 0 radical (unpaired) electrons. The fourth-order valence-electron chi connectivity index (χ4n) is 3.21. The third-order valence-corrected chi connectivity index (χ3v) is 4.53. The lowest BCUT2D eigenvalue weighted by atomic mass is 10.1.